The molecule has 0 aliphatic rings. The Kier molecular flexibility index (Phi) is 22.3. The maximum Gasteiger partial charge on any atom is 0.326 e. The number of rotatable bonds is 1. The fourth-order valence-corrected chi connectivity index (χ4v) is 0. The van der Waals surface area contributed by atoms with E-state index in [0.717, 1.165) is 0 Å². The molecule has 0 unspecified atom stereocenters. The lowest BCUT2D eigenvalue weighted by Crippen LogP contribution is -2.01. The summed E-state index contributed by atoms with van der Waals surface area (Å²) in [4.78, 5) is 15.5. The van der Waals surface area contributed by atoms with Gasteiger partial charge < -0.3 is 25.8 Å². The second-order valence-corrected chi connectivity index (χ2v) is 4.14. The second kappa shape index (κ2) is 16.4. The van der Waals surface area contributed by atoms with E-state index in [4.69, 9.17) is 32.1 Å². The van der Waals surface area contributed by atoms with Crippen molar-refractivity contribution in [2.45, 2.75) is 0 Å². The van der Waals surface area contributed by atoms with Crippen LogP contribution in [0.3, 0.4) is 0 Å². The van der Waals surface area contributed by atoms with Gasteiger partial charge in [0.05, 0.1) is 0 Å². The molecule has 0 radical (unpaired) electrons. The first-order valence-electron chi connectivity index (χ1n) is 3.29. The molecule has 0 aromatic carbocycles. The fourth-order valence-electron chi connectivity index (χ4n) is 0. The number of hydrogen-bond acceptors (Lipinski definition) is 7. The smallest absolute Gasteiger partial charge is 0.326 e. The minimum Gasteiger partial charge on any atom is -0.379 e. The molecular formula is C5H17N4O3PS2. The van der Waals surface area contributed by atoms with Crippen LogP contribution in [-0.4, -0.2) is 39.7 Å². The summed E-state index contributed by atoms with van der Waals surface area (Å²) >= 11 is 2.48. The Morgan fingerprint density at radius 2 is 1.27 bits per heavy atom. The molecule has 0 aromatic rings. The highest BCUT2D eigenvalue weighted by Gasteiger charge is 1.86. The maximum atomic E-state index is 7.76. The van der Waals surface area contributed by atoms with Gasteiger partial charge in [0, 0.05) is 7.11 Å². The third-order valence-electron chi connectivity index (χ3n) is 0.603. The summed E-state index contributed by atoms with van der Waals surface area (Å²) in [5.41, 5.74) is 9.68. The summed E-state index contributed by atoms with van der Waals surface area (Å²) in [6.45, 7) is 0. The normalized spacial score (nSPS) is 8.13. The summed E-state index contributed by atoms with van der Waals surface area (Å²) in [6.07, 6.45) is 3.53. The van der Waals surface area contributed by atoms with Crippen molar-refractivity contribution in [2.75, 3.05) is 19.6 Å². The van der Waals surface area contributed by atoms with Crippen LogP contribution in [0.2, 0.25) is 0 Å². The average molecular weight is 276 g/mol. The van der Waals surface area contributed by atoms with Crippen molar-refractivity contribution in [3.63, 3.8) is 0 Å². The Morgan fingerprint density at radius 3 is 1.27 bits per heavy atom. The number of nitrogens with two attached hydrogens (primary N) is 2. The summed E-state index contributed by atoms with van der Waals surface area (Å²) < 4.78 is 3.93. The lowest BCUT2D eigenvalue weighted by Gasteiger charge is -1.89. The molecule has 0 bridgehead atoms. The highest BCUT2D eigenvalue weighted by atomic mass is 32.2. The van der Waals surface area contributed by atoms with Crippen LogP contribution < -0.4 is 11.5 Å². The molecule has 0 aromatic heterocycles. The molecule has 7 nitrogen and oxygen atoms in total. The number of hydrogen-bond donors (Lipinski definition) is 6. The predicted molar refractivity (Wildman–Crippen MR) is 69.2 cm³/mol. The zero-order chi connectivity index (χ0) is 12.9. The van der Waals surface area contributed by atoms with Crippen LogP contribution in [0.5, 0.6) is 0 Å². The second-order valence-electron chi connectivity index (χ2n) is 1.57. The molecule has 0 rings (SSSR count). The molecule has 0 aliphatic heterocycles. The molecular weight excluding hydrogens is 259 g/mol. The molecule has 0 saturated carbocycles. The van der Waals surface area contributed by atoms with Gasteiger partial charge in [-0.15, -0.1) is 0 Å². The molecule has 0 saturated heterocycles. The first kappa shape index (κ1) is 20.4. The van der Waals surface area contributed by atoms with E-state index in [0.29, 0.717) is 0 Å². The number of nitrogens with one attached hydrogen (secondary N) is 2. The van der Waals surface area contributed by atoms with Crippen LogP contribution in [0.25, 0.3) is 0 Å². The van der Waals surface area contributed by atoms with E-state index in [9.17, 15) is 0 Å². The number of amidine groups is 2. The van der Waals surface area contributed by atoms with Crippen LogP contribution in [0.15, 0.2) is 0 Å². The third kappa shape index (κ3) is 56.3. The molecule has 10 heteroatoms. The molecule has 15 heavy (non-hydrogen) atoms. The highest BCUT2D eigenvalue weighted by molar-refractivity contribution is 8.13. The molecule has 92 valence electrons. The van der Waals surface area contributed by atoms with E-state index in [-0.39, 0.29) is 10.3 Å². The van der Waals surface area contributed by atoms with Crippen LogP contribution in [0, 0.1) is 10.8 Å². The number of thioether (sulfide) groups is 2. The van der Waals surface area contributed by atoms with E-state index < -0.39 is 8.60 Å². The Morgan fingerprint density at radius 1 is 1.13 bits per heavy atom. The van der Waals surface area contributed by atoms with E-state index in [2.05, 4.69) is 4.52 Å². The summed E-state index contributed by atoms with van der Waals surface area (Å²) in [5.74, 6) is 0. The van der Waals surface area contributed by atoms with Gasteiger partial charge in [-0.05, 0) is 12.5 Å². The largest absolute Gasteiger partial charge is 0.379 e. The van der Waals surface area contributed by atoms with E-state index in [1.165, 1.54) is 30.6 Å². The van der Waals surface area contributed by atoms with Gasteiger partial charge in [0.25, 0.3) is 0 Å². The van der Waals surface area contributed by atoms with Crippen LogP contribution in [-0.2, 0) is 4.52 Å². The lowest BCUT2D eigenvalue weighted by atomic mass is 11.4. The minimum absolute atomic E-state index is 0.171. The zero-order valence-corrected chi connectivity index (χ0v) is 11.2. The van der Waals surface area contributed by atoms with Gasteiger partial charge in [0.15, 0.2) is 10.3 Å². The van der Waals surface area contributed by atoms with Gasteiger partial charge in [-0.1, -0.05) is 23.5 Å². The Balaban J connectivity index is -0.000000144. The quantitative estimate of drug-likeness (QED) is 0.229. The SMILES string of the molecule is COP(O)O.CSC(=N)N.CSC(=N)N. The van der Waals surface area contributed by atoms with Crippen LogP contribution in [0.1, 0.15) is 0 Å². The van der Waals surface area contributed by atoms with Crippen molar-refractivity contribution in [2.24, 2.45) is 11.5 Å². The van der Waals surface area contributed by atoms with Crippen molar-refractivity contribution in [3.05, 3.63) is 0 Å². The van der Waals surface area contributed by atoms with Crippen LogP contribution >= 0.6 is 32.1 Å². The Hall–Kier alpha value is -0.0500. The van der Waals surface area contributed by atoms with Gasteiger partial charge in [0.2, 0.25) is 0 Å². The van der Waals surface area contributed by atoms with Gasteiger partial charge in [-0.2, -0.15) is 0 Å². The maximum absolute atomic E-state index is 7.76. The van der Waals surface area contributed by atoms with Gasteiger partial charge >= 0.3 is 8.60 Å². The van der Waals surface area contributed by atoms with Crippen molar-refractivity contribution in [3.8, 4) is 0 Å². The van der Waals surface area contributed by atoms with E-state index >= 15 is 0 Å². The predicted octanol–water partition coefficient (Wildman–Crippen LogP) is 0.330. The third-order valence-corrected chi connectivity index (χ3v) is 1.81. The zero-order valence-electron chi connectivity index (χ0n) is 8.72. The van der Waals surface area contributed by atoms with Crippen LogP contribution in [0.4, 0.5) is 0 Å². The molecule has 0 amide bonds. The highest BCUT2D eigenvalue weighted by Crippen LogP contribution is 2.20. The Bertz CT molecular complexity index is 158. The first-order chi connectivity index (χ1) is 6.81. The fraction of sp³-hybridized carbons (Fsp3) is 0.600. The summed E-state index contributed by atoms with van der Waals surface area (Å²) in [7, 11) is -0.870. The first-order valence-corrected chi connectivity index (χ1v) is 6.91. The molecule has 0 heterocycles. The van der Waals surface area contributed by atoms with Gasteiger partial charge in [0.1, 0.15) is 0 Å². The lowest BCUT2D eigenvalue weighted by molar-refractivity contribution is 0.310. The molecule has 0 atom stereocenters. The Labute approximate surface area is 99.0 Å². The standard InChI is InChI=1S/2C2H6N2S.CH5O3P/c2*1-5-2(3)4;1-4-5(2)3/h2*1H3,(H3,3,4);2-3H,1H3. The van der Waals surface area contributed by atoms with Crippen molar-refractivity contribution < 1.29 is 14.3 Å². The average Bonchev–Trinajstić information content (AvgIpc) is 2.19. The van der Waals surface area contributed by atoms with Crippen molar-refractivity contribution in [1.29, 1.82) is 10.8 Å². The molecule has 0 fully saturated rings. The minimum atomic E-state index is -2.10. The van der Waals surface area contributed by atoms with Gasteiger partial charge in [-0.3, -0.25) is 10.8 Å². The van der Waals surface area contributed by atoms with E-state index in [1.807, 2.05) is 0 Å². The van der Waals surface area contributed by atoms with E-state index in [1.54, 1.807) is 12.5 Å². The summed E-state index contributed by atoms with van der Waals surface area (Å²) in [6, 6.07) is 0. The molecule has 0 spiro atoms. The topological polar surface area (TPSA) is 149 Å². The van der Waals surface area contributed by atoms with Crippen molar-refractivity contribution >= 4 is 42.5 Å². The van der Waals surface area contributed by atoms with Crippen molar-refractivity contribution in [1.82, 2.24) is 0 Å². The monoisotopic (exact) mass is 276 g/mol. The summed E-state index contributed by atoms with van der Waals surface area (Å²) in [5, 5.41) is 13.3. The molecule has 8 N–H and O–H groups in total. The molecule has 0 aliphatic carbocycles. The van der Waals surface area contributed by atoms with Gasteiger partial charge in [-0.25, -0.2) is 0 Å².